The minimum absolute atomic E-state index is 0.0370. The second kappa shape index (κ2) is 6.31. The van der Waals surface area contributed by atoms with E-state index in [2.05, 4.69) is 31.9 Å². The van der Waals surface area contributed by atoms with Crippen LogP contribution in [0.4, 0.5) is 0 Å². The van der Waals surface area contributed by atoms with Crippen LogP contribution in [-0.2, 0) is 13.5 Å². The average Bonchev–Trinajstić information content (AvgIpc) is 2.69. The van der Waals surface area contributed by atoms with Crippen LogP contribution in [-0.4, -0.2) is 16.9 Å². The van der Waals surface area contributed by atoms with Gasteiger partial charge in [0.15, 0.2) is 0 Å². The predicted octanol–water partition coefficient (Wildman–Crippen LogP) is 2.99. The Morgan fingerprint density at radius 3 is 2.52 bits per heavy atom. The highest BCUT2D eigenvalue weighted by Crippen LogP contribution is 2.25. The summed E-state index contributed by atoms with van der Waals surface area (Å²) in [5, 5.41) is 4.46. The maximum Gasteiger partial charge on any atom is 0.119 e. The average molecular weight is 287 g/mol. The molecule has 114 valence electrons. The largest absolute Gasteiger partial charge is 0.497 e. The van der Waals surface area contributed by atoms with E-state index in [4.69, 9.17) is 10.5 Å². The van der Waals surface area contributed by atoms with Gasteiger partial charge in [0.1, 0.15) is 5.75 Å². The zero-order valence-electron chi connectivity index (χ0n) is 13.6. The van der Waals surface area contributed by atoms with E-state index >= 15 is 0 Å². The second-order valence-electron chi connectivity index (χ2n) is 5.64. The standard InChI is InChI=1S/C17H25N3O/c1-11-10-14(21-5)6-7-15(11)17(18)9-8-16-12(2)19-20(4)13(16)3/h6-7,10,17H,8-9,18H2,1-5H3. The monoisotopic (exact) mass is 287 g/mol. The Labute approximate surface area is 126 Å². The normalized spacial score (nSPS) is 12.5. The van der Waals surface area contributed by atoms with Gasteiger partial charge < -0.3 is 10.5 Å². The van der Waals surface area contributed by atoms with Crippen molar-refractivity contribution in [2.75, 3.05) is 7.11 Å². The second-order valence-corrected chi connectivity index (χ2v) is 5.64. The third kappa shape index (κ3) is 3.27. The molecule has 0 radical (unpaired) electrons. The number of nitrogens with zero attached hydrogens (tertiary/aromatic N) is 2. The summed E-state index contributed by atoms with van der Waals surface area (Å²) >= 11 is 0. The topological polar surface area (TPSA) is 53.1 Å². The van der Waals surface area contributed by atoms with Crippen LogP contribution >= 0.6 is 0 Å². The zero-order chi connectivity index (χ0) is 15.6. The van der Waals surface area contributed by atoms with E-state index in [1.54, 1.807) is 7.11 Å². The van der Waals surface area contributed by atoms with E-state index in [1.165, 1.54) is 22.4 Å². The zero-order valence-corrected chi connectivity index (χ0v) is 13.6. The minimum Gasteiger partial charge on any atom is -0.497 e. The number of hydrogen-bond donors (Lipinski definition) is 1. The van der Waals surface area contributed by atoms with E-state index in [9.17, 15) is 0 Å². The van der Waals surface area contributed by atoms with Crippen molar-refractivity contribution in [3.8, 4) is 5.75 Å². The Morgan fingerprint density at radius 1 is 1.29 bits per heavy atom. The number of aryl methyl sites for hydroxylation is 3. The molecule has 4 nitrogen and oxygen atoms in total. The number of ether oxygens (including phenoxy) is 1. The molecular formula is C17H25N3O. The first kappa shape index (κ1) is 15.6. The van der Waals surface area contributed by atoms with Crippen LogP contribution in [0.1, 0.15) is 40.5 Å². The van der Waals surface area contributed by atoms with Crippen molar-refractivity contribution in [3.63, 3.8) is 0 Å². The van der Waals surface area contributed by atoms with Gasteiger partial charge in [-0.2, -0.15) is 5.10 Å². The van der Waals surface area contributed by atoms with Crippen LogP contribution in [0.5, 0.6) is 5.75 Å². The summed E-state index contributed by atoms with van der Waals surface area (Å²) in [6, 6.07) is 6.12. The van der Waals surface area contributed by atoms with Crippen molar-refractivity contribution in [1.29, 1.82) is 0 Å². The van der Waals surface area contributed by atoms with Gasteiger partial charge in [0.05, 0.1) is 12.8 Å². The molecule has 0 aliphatic carbocycles. The van der Waals surface area contributed by atoms with Gasteiger partial charge in [-0.3, -0.25) is 4.68 Å². The van der Waals surface area contributed by atoms with Gasteiger partial charge >= 0.3 is 0 Å². The molecule has 1 unspecified atom stereocenters. The number of hydrogen-bond acceptors (Lipinski definition) is 3. The molecule has 2 rings (SSSR count). The maximum atomic E-state index is 6.37. The van der Waals surface area contributed by atoms with E-state index in [0.717, 1.165) is 24.3 Å². The molecule has 0 amide bonds. The minimum atomic E-state index is 0.0370. The number of benzene rings is 1. The van der Waals surface area contributed by atoms with Crippen LogP contribution < -0.4 is 10.5 Å². The first-order valence-corrected chi connectivity index (χ1v) is 7.33. The van der Waals surface area contributed by atoms with Crippen molar-refractivity contribution in [3.05, 3.63) is 46.3 Å². The third-order valence-corrected chi connectivity index (χ3v) is 4.24. The number of rotatable bonds is 5. The van der Waals surface area contributed by atoms with Crippen LogP contribution in [0.2, 0.25) is 0 Å². The van der Waals surface area contributed by atoms with E-state index in [0.29, 0.717) is 0 Å². The Hall–Kier alpha value is -1.81. The molecular weight excluding hydrogens is 262 g/mol. The molecule has 1 aromatic carbocycles. The highest BCUT2D eigenvalue weighted by Gasteiger charge is 2.14. The number of methoxy groups -OCH3 is 1. The Morgan fingerprint density at radius 2 is 2.00 bits per heavy atom. The quantitative estimate of drug-likeness (QED) is 0.919. The van der Waals surface area contributed by atoms with Gasteiger partial charge in [-0.15, -0.1) is 0 Å². The highest BCUT2D eigenvalue weighted by molar-refractivity contribution is 5.36. The summed E-state index contributed by atoms with van der Waals surface area (Å²) in [6.07, 6.45) is 1.87. The summed E-state index contributed by atoms with van der Waals surface area (Å²) in [5.41, 5.74) is 12.4. The summed E-state index contributed by atoms with van der Waals surface area (Å²) in [7, 11) is 3.67. The van der Waals surface area contributed by atoms with Gasteiger partial charge in [-0.1, -0.05) is 6.07 Å². The van der Waals surface area contributed by atoms with Crippen LogP contribution in [0.15, 0.2) is 18.2 Å². The van der Waals surface area contributed by atoms with E-state index < -0.39 is 0 Å². The fourth-order valence-electron chi connectivity index (χ4n) is 2.83. The molecule has 0 saturated heterocycles. The van der Waals surface area contributed by atoms with Crippen LogP contribution in [0.25, 0.3) is 0 Å². The van der Waals surface area contributed by atoms with Crippen molar-refractivity contribution >= 4 is 0 Å². The Kier molecular flexibility index (Phi) is 4.68. The lowest BCUT2D eigenvalue weighted by molar-refractivity contribution is 0.414. The first-order chi connectivity index (χ1) is 9.93. The SMILES string of the molecule is COc1ccc(C(N)CCc2c(C)nn(C)c2C)c(C)c1. The van der Waals surface area contributed by atoms with Gasteiger partial charge in [0, 0.05) is 18.8 Å². The molecule has 4 heteroatoms. The van der Waals surface area contributed by atoms with Gasteiger partial charge in [-0.25, -0.2) is 0 Å². The van der Waals surface area contributed by atoms with Gasteiger partial charge in [0.25, 0.3) is 0 Å². The molecule has 0 fully saturated rings. The molecule has 0 aliphatic heterocycles. The lowest BCUT2D eigenvalue weighted by atomic mass is 9.95. The van der Waals surface area contributed by atoms with Crippen LogP contribution in [0, 0.1) is 20.8 Å². The molecule has 2 N–H and O–H groups in total. The Balaban J connectivity index is 2.10. The fraction of sp³-hybridized carbons (Fsp3) is 0.471. The molecule has 0 spiro atoms. The van der Waals surface area contributed by atoms with Crippen molar-refractivity contribution in [1.82, 2.24) is 9.78 Å². The molecule has 1 aromatic heterocycles. The molecule has 1 atom stereocenters. The van der Waals surface area contributed by atoms with E-state index in [-0.39, 0.29) is 6.04 Å². The number of nitrogens with two attached hydrogens (primary N) is 1. The molecule has 21 heavy (non-hydrogen) atoms. The van der Waals surface area contributed by atoms with Crippen molar-refractivity contribution in [2.45, 2.75) is 39.7 Å². The molecule has 0 saturated carbocycles. The van der Waals surface area contributed by atoms with Gasteiger partial charge in [-0.05, 0) is 62.4 Å². The maximum absolute atomic E-state index is 6.37. The molecule has 2 aromatic rings. The summed E-state index contributed by atoms with van der Waals surface area (Å²) in [4.78, 5) is 0. The lowest BCUT2D eigenvalue weighted by Gasteiger charge is -2.16. The molecule has 0 bridgehead atoms. The predicted molar refractivity (Wildman–Crippen MR) is 85.7 cm³/mol. The van der Waals surface area contributed by atoms with Crippen molar-refractivity contribution in [2.24, 2.45) is 12.8 Å². The summed E-state index contributed by atoms with van der Waals surface area (Å²) in [5.74, 6) is 0.877. The number of aromatic nitrogens is 2. The summed E-state index contributed by atoms with van der Waals surface area (Å²) < 4.78 is 7.18. The molecule has 0 aliphatic rings. The third-order valence-electron chi connectivity index (χ3n) is 4.24. The van der Waals surface area contributed by atoms with Crippen molar-refractivity contribution < 1.29 is 4.74 Å². The smallest absolute Gasteiger partial charge is 0.119 e. The van der Waals surface area contributed by atoms with Gasteiger partial charge in [0.2, 0.25) is 0 Å². The summed E-state index contributed by atoms with van der Waals surface area (Å²) in [6.45, 7) is 6.25. The van der Waals surface area contributed by atoms with E-state index in [1.807, 2.05) is 23.9 Å². The Bertz CT molecular complexity index is 631. The van der Waals surface area contributed by atoms with Crippen LogP contribution in [0.3, 0.4) is 0 Å². The fourth-order valence-corrected chi connectivity index (χ4v) is 2.83. The lowest BCUT2D eigenvalue weighted by Crippen LogP contribution is -2.13. The first-order valence-electron chi connectivity index (χ1n) is 7.33. The molecule has 1 heterocycles. The highest BCUT2D eigenvalue weighted by atomic mass is 16.5.